The molecule has 164 valence electrons. The van der Waals surface area contributed by atoms with Gasteiger partial charge >= 0.3 is 0 Å². The Hall–Kier alpha value is -2.87. The van der Waals surface area contributed by atoms with Gasteiger partial charge in [-0.25, -0.2) is 0 Å². The van der Waals surface area contributed by atoms with E-state index in [0.29, 0.717) is 23.6 Å². The van der Waals surface area contributed by atoms with Crippen LogP contribution in [-0.4, -0.2) is 54.9 Å². The van der Waals surface area contributed by atoms with Gasteiger partial charge in [-0.15, -0.1) is 11.3 Å². The molecule has 3 amide bonds. The first-order valence-electron chi connectivity index (χ1n) is 10.8. The van der Waals surface area contributed by atoms with E-state index in [4.69, 9.17) is 4.74 Å². The summed E-state index contributed by atoms with van der Waals surface area (Å²) in [4.78, 5) is 40.7. The molecule has 0 saturated carbocycles. The van der Waals surface area contributed by atoms with Crippen LogP contribution < -0.4 is 15.4 Å². The van der Waals surface area contributed by atoms with Gasteiger partial charge in [-0.1, -0.05) is 30.3 Å². The molecule has 1 unspecified atom stereocenters. The molecular weight excluding hydrogens is 414 g/mol. The molecule has 0 bridgehead atoms. The number of thiophene rings is 1. The lowest BCUT2D eigenvalue weighted by molar-refractivity contribution is -0.134. The molecule has 31 heavy (non-hydrogen) atoms. The number of rotatable bonds is 6. The topological polar surface area (TPSA) is 87.7 Å². The average molecular weight is 442 g/mol. The first-order valence-corrected chi connectivity index (χ1v) is 11.6. The molecule has 4 rings (SSSR count). The second-order valence-corrected chi connectivity index (χ2v) is 8.91. The van der Waals surface area contributed by atoms with Crippen molar-refractivity contribution in [2.45, 2.75) is 38.1 Å². The number of nitrogens with zero attached hydrogens (tertiary/aromatic N) is 1. The van der Waals surface area contributed by atoms with Crippen molar-refractivity contribution in [3.63, 3.8) is 0 Å². The third-order valence-corrected chi connectivity index (χ3v) is 6.78. The van der Waals surface area contributed by atoms with E-state index in [9.17, 15) is 14.4 Å². The maximum absolute atomic E-state index is 13.0. The van der Waals surface area contributed by atoms with E-state index in [-0.39, 0.29) is 24.3 Å². The number of hydrogen-bond donors (Lipinski definition) is 2. The van der Waals surface area contributed by atoms with E-state index in [2.05, 4.69) is 10.6 Å². The maximum Gasteiger partial charge on any atom is 0.265 e. The van der Waals surface area contributed by atoms with Gasteiger partial charge in [0, 0.05) is 24.5 Å². The van der Waals surface area contributed by atoms with Crippen molar-refractivity contribution >= 4 is 29.1 Å². The third kappa shape index (κ3) is 5.25. The molecule has 3 heterocycles. The zero-order chi connectivity index (χ0) is 21.6. The number of nitrogens with one attached hydrogen (secondary N) is 2. The number of carbonyl (C=O) groups excluding carboxylic acids is 3. The Morgan fingerprint density at radius 3 is 2.65 bits per heavy atom. The van der Waals surface area contributed by atoms with Gasteiger partial charge in [0.25, 0.3) is 11.8 Å². The normalized spacial score (nSPS) is 18.9. The van der Waals surface area contributed by atoms with Crippen molar-refractivity contribution in [1.82, 2.24) is 15.5 Å². The molecule has 8 heteroatoms. The van der Waals surface area contributed by atoms with Crippen molar-refractivity contribution in [2.24, 2.45) is 0 Å². The molecule has 2 saturated heterocycles. The van der Waals surface area contributed by atoms with Crippen LogP contribution in [0.4, 0.5) is 0 Å². The highest BCUT2D eigenvalue weighted by molar-refractivity contribution is 7.17. The van der Waals surface area contributed by atoms with Crippen LogP contribution in [0.1, 0.15) is 41.8 Å². The van der Waals surface area contributed by atoms with Crippen LogP contribution in [0, 0.1) is 0 Å². The Kier molecular flexibility index (Phi) is 6.86. The SMILES string of the molecule is O=C(NC1CCCNC1=O)c1sc(-c2ccccc2)cc1OCC(=O)N1CCCCC1. The summed E-state index contributed by atoms with van der Waals surface area (Å²) in [6.07, 6.45) is 4.61. The second kappa shape index (κ2) is 9.96. The molecule has 0 spiro atoms. The van der Waals surface area contributed by atoms with Gasteiger partial charge in [0.05, 0.1) is 0 Å². The quantitative estimate of drug-likeness (QED) is 0.722. The molecule has 2 aliphatic rings. The minimum absolute atomic E-state index is 0.0647. The minimum Gasteiger partial charge on any atom is -0.482 e. The molecule has 1 aromatic heterocycles. The fourth-order valence-electron chi connectivity index (χ4n) is 3.89. The Labute approximate surface area is 185 Å². The van der Waals surface area contributed by atoms with Crippen LogP contribution >= 0.6 is 11.3 Å². The van der Waals surface area contributed by atoms with Gasteiger partial charge in [0.2, 0.25) is 5.91 Å². The van der Waals surface area contributed by atoms with Crippen LogP contribution in [0.2, 0.25) is 0 Å². The first kappa shape index (κ1) is 21.4. The van der Waals surface area contributed by atoms with Crippen molar-refractivity contribution in [1.29, 1.82) is 0 Å². The lowest BCUT2D eigenvalue weighted by Gasteiger charge is -2.26. The summed E-state index contributed by atoms with van der Waals surface area (Å²) in [5.74, 6) is -0.204. The molecular formula is C23H27N3O4S. The lowest BCUT2D eigenvalue weighted by Crippen LogP contribution is -2.50. The van der Waals surface area contributed by atoms with Crippen molar-refractivity contribution in [2.75, 3.05) is 26.2 Å². The smallest absolute Gasteiger partial charge is 0.265 e. The summed E-state index contributed by atoms with van der Waals surface area (Å²) in [5.41, 5.74) is 0.967. The van der Waals surface area contributed by atoms with E-state index < -0.39 is 6.04 Å². The molecule has 2 fully saturated rings. The van der Waals surface area contributed by atoms with Crippen molar-refractivity contribution in [3.8, 4) is 16.2 Å². The zero-order valence-corrected chi connectivity index (χ0v) is 18.2. The maximum atomic E-state index is 13.0. The highest BCUT2D eigenvalue weighted by atomic mass is 32.1. The van der Waals surface area contributed by atoms with Crippen LogP contribution in [0.15, 0.2) is 36.4 Å². The van der Waals surface area contributed by atoms with Gasteiger partial charge in [0.15, 0.2) is 6.61 Å². The van der Waals surface area contributed by atoms with Crippen LogP contribution in [0.5, 0.6) is 5.75 Å². The van der Waals surface area contributed by atoms with Gasteiger partial charge in [-0.2, -0.15) is 0 Å². The number of benzene rings is 1. The Bertz CT molecular complexity index is 938. The highest BCUT2D eigenvalue weighted by Crippen LogP contribution is 2.36. The summed E-state index contributed by atoms with van der Waals surface area (Å²) in [6.45, 7) is 2.04. The average Bonchev–Trinajstić information content (AvgIpc) is 3.24. The van der Waals surface area contributed by atoms with Crippen LogP contribution in [0.25, 0.3) is 10.4 Å². The Morgan fingerprint density at radius 1 is 1.13 bits per heavy atom. The Balaban J connectivity index is 1.52. The fourth-order valence-corrected chi connectivity index (χ4v) is 4.90. The molecule has 1 atom stereocenters. The standard InChI is InChI=1S/C23H27N3O4S/c27-20(26-12-5-2-6-13-26)15-30-18-14-19(16-8-3-1-4-9-16)31-21(18)23(29)25-17-10-7-11-24-22(17)28/h1,3-4,8-9,14,17H,2,5-7,10-13,15H2,(H,24,28)(H,25,29). The summed E-state index contributed by atoms with van der Waals surface area (Å²) in [5, 5.41) is 5.60. The van der Waals surface area contributed by atoms with E-state index in [1.807, 2.05) is 35.2 Å². The van der Waals surface area contributed by atoms with E-state index in [1.54, 1.807) is 6.07 Å². The number of hydrogen-bond acceptors (Lipinski definition) is 5. The van der Waals surface area contributed by atoms with Gasteiger partial charge < -0.3 is 20.3 Å². The summed E-state index contributed by atoms with van der Waals surface area (Å²) in [6, 6.07) is 11.0. The van der Waals surface area contributed by atoms with Crippen molar-refractivity contribution in [3.05, 3.63) is 41.3 Å². The third-order valence-electron chi connectivity index (χ3n) is 5.61. The second-order valence-electron chi connectivity index (χ2n) is 7.86. The predicted octanol–water partition coefficient (Wildman–Crippen LogP) is 2.81. The summed E-state index contributed by atoms with van der Waals surface area (Å²) in [7, 11) is 0. The first-order chi connectivity index (χ1) is 15.1. The molecule has 1 aromatic carbocycles. The lowest BCUT2D eigenvalue weighted by atomic mass is 10.1. The monoisotopic (exact) mass is 441 g/mol. The summed E-state index contributed by atoms with van der Waals surface area (Å²) < 4.78 is 5.85. The van der Waals surface area contributed by atoms with Crippen LogP contribution in [-0.2, 0) is 9.59 Å². The minimum atomic E-state index is -0.550. The predicted molar refractivity (Wildman–Crippen MR) is 119 cm³/mol. The molecule has 2 aromatic rings. The van der Waals surface area contributed by atoms with Crippen molar-refractivity contribution < 1.29 is 19.1 Å². The van der Waals surface area contributed by atoms with E-state index >= 15 is 0 Å². The molecule has 0 radical (unpaired) electrons. The van der Waals surface area contributed by atoms with Gasteiger partial charge in [0.1, 0.15) is 16.7 Å². The zero-order valence-electron chi connectivity index (χ0n) is 17.4. The number of piperidine rings is 2. The highest BCUT2D eigenvalue weighted by Gasteiger charge is 2.27. The number of carbonyl (C=O) groups is 3. The summed E-state index contributed by atoms with van der Waals surface area (Å²) >= 11 is 1.30. The van der Waals surface area contributed by atoms with Crippen LogP contribution in [0.3, 0.4) is 0 Å². The fraction of sp³-hybridized carbons (Fsp3) is 0.435. The Morgan fingerprint density at radius 2 is 1.90 bits per heavy atom. The number of amides is 3. The number of likely N-dealkylation sites (tertiary alicyclic amines) is 1. The van der Waals surface area contributed by atoms with Gasteiger partial charge in [-0.3, -0.25) is 14.4 Å². The van der Waals surface area contributed by atoms with Gasteiger partial charge in [-0.05, 0) is 43.7 Å². The van der Waals surface area contributed by atoms with E-state index in [0.717, 1.165) is 49.2 Å². The van der Waals surface area contributed by atoms with E-state index in [1.165, 1.54) is 11.3 Å². The largest absolute Gasteiger partial charge is 0.482 e. The molecule has 7 nitrogen and oxygen atoms in total. The molecule has 0 aliphatic carbocycles. The molecule has 2 aliphatic heterocycles. The number of ether oxygens (including phenoxy) is 1. The molecule has 2 N–H and O–H groups in total.